The van der Waals surface area contributed by atoms with Gasteiger partial charge in [0.2, 0.25) is 5.91 Å². The van der Waals surface area contributed by atoms with E-state index in [1.54, 1.807) is 11.3 Å². The third-order valence-electron chi connectivity index (χ3n) is 1.67. The van der Waals surface area contributed by atoms with E-state index >= 15 is 0 Å². The molecule has 0 unspecified atom stereocenters. The summed E-state index contributed by atoms with van der Waals surface area (Å²) in [6.07, 6.45) is 0.551. The summed E-state index contributed by atoms with van der Waals surface area (Å²) >= 11 is 1.67. The minimum Gasteiger partial charge on any atom is -0.349 e. The van der Waals surface area contributed by atoms with Gasteiger partial charge in [0.15, 0.2) is 0 Å². The summed E-state index contributed by atoms with van der Waals surface area (Å²) in [6.45, 7) is 3.86. The van der Waals surface area contributed by atoms with E-state index in [2.05, 4.69) is 5.32 Å². The van der Waals surface area contributed by atoms with Gasteiger partial charge in [-0.2, -0.15) is 0 Å². The zero-order valence-electron chi connectivity index (χ0n) is 7.33. The predicted octanol–water partition coefficient (Wildman–Crippen LogP) is 2.34. The van der Waals surface area contributed by atoms with Gasteiger partial charge in [-0.1, -0.05) is 13.0 Å². The fraction of sp³-hybridized carbons (Fsp3) is 0.444. The van der Waals surface area contributed by atoms with Gasteiger partial charge in [-0.25, -0.2) is 0 Å². The maximum Gasteiger partial charge on any atom is 0.220 e. The fourth-order valence-electron chi connectivity index (χ4n) is 0.952. The summed E-state index contributed by atoms with van der Waals surface area (Å²) in [6, 6.07) is 4.18. The van der Waals surface area contributed by atoms with Crippen molar-refractivity contribution in [3.63, 3.8) is 0 Å². The number of amides is 1. The minimum absolute atomic E-state index is 0.107. The van der Waals surface area contributed by atoms with E-state index in [1.165, 1.54) is 4.88 Å². The molecule has 1 rings (SSSR count). The number of thiophene rings is 1. The van der Waals surface area contributed by atoms with Crippen molar-refractivity contribution in [2.45, 2.75) is 26.3 Å². The van der Waals surface area contributed by atoms with E-state index in [1.807, 2.05) is 31.4 Å². The van der Waals surface area contributed by atoms with Gasteiger partial charge in [0.25, 0.3) is 0 Å². The monoisotopic (exact) mass is 183 g/mol. The molecule has 2 nitrogen and oxygen atoms in total. The highest BCUT2D eigenvalue weighted by atomic mass is 32.1. The average Bonchev–Trinajstić information content (AvgIpc) is 2.56. The Labute approximate surface area is 76.6 Å². The van der Waals surface area contributed by atoms with Gasteiger partial charge in [-0.3, -0.25) is 4.79 Å². The molecule has 1 atom stereocenters. The molecule has 0 fully saturated rings. The topological polar surface area (TPSA) is 29.1 Å². The Bertz CT molecular complexity index is 243. The van der Waals surface area contributed by atoms with E-state index in [0.29, 0.717) is 6.42 Å². The van der Waals surface area contributed by atoms with Gasteiger partial charge < -0.3 is 5.32 Å². The highest BCUT2D eigenvalue weighted by molar-refractivity contribution is 7.10. The zero-order valence-corrected chi connectivity index (χ0v) is 8.15. The molecule has 0 bridgehead atoms. The summed E-state index contributed by atoms with van der Waals surface area (Å²) in [5, 5.41) is 4.92. The van der Waals surface area contributed by atoms with Crippen LogP contribution < -0.4 is 5.32 Å². The second-order valence-electron chi connectivity index (χ2n) is 2.66. The maximum atomic E-state index is 11.0. The lowest BCUT2D eigenvalue weighted by Crippen LogP contribution is -2.24. The largest absolute Gasteiger partial charge is 0.349 e. The summed E-state index contributed by atoms with van der Waals surface area (Å²) < 4.78 is 0. The van der Waals surface area contributed by atoms with Crippen molar-refractivity contribution >= 4 is 17.2 Å². The Balaban J connectivity index is 2.49. The molecule has 1 N–H and O–H groups in total. The van der Waals surface area contributed by atoms with Gasteiger partial charge in [0, 0.05) is 11.3 Å². The van der Waals surface area contributed by atoms with Gasteiger partial charge >= 0.3 is 0 Å². The first-order chi connectivity index (χ1) is 5.74. The molecule has 0 aromatic carbocycles. The molecule has 0 aliphatic heterocycles. The summed E-state index contributed by atoms with van der Waals surface area (Å²) in [5.74, 6) is 0.107. The quantitative estimate of drug-likeness (QED) is 0.765. The molecule has 0 saturated carbocycles. The molecular weight excluding hydrogens is 170 g/mol. The first-order valence-corrected chi connectivity index (χ1v) is 4.94. The lowest BCUT2D eigenvalue weighted by Gasteiger charge is -2.10. The Morgan fingerprint density at radius 3 is 3.00 bits per heavy atom. The molecule has 1 heterocycles. The van der Waals surface area contributed by atoms with Gasteiger partial charge in [0.1, 0.15) is 0 Å². The van der Waals surface area contributed by atoms with Crippen LogP contribution in [0, 0.1) is 0 Å². The van der Waals surface area contributed by atoms with Crippen molar-refractivity contribution in [2.75, 3.05) is 0 Å². The van der Waals surface area contributed by atoms with Crippen LogP contribution in [-0.4, -0.2) is 5.91 Å². The number of nitrogens with one attached hydrogen (secondary N) is 1. The van der Waals surface area contributed by atoms with Crippen LogP contribution >= 0.6 is 11.3 Å². The second kappa shape index (κ2) is 4.26. The van der Waals surface area contributed by atoms with Crippen molar-refractivity contribution in [3.05, 3.63) is 22.4 Å². The van der Waals surface area contributed by atoms with E-state index in [0.717, 1.165) is 0 Å². The SMILES string of the molecule is CCC(=O)N[C@H](C)c1cccs1. The third-order valence-corrected chi connectivity index (χ3v) is 2.72. The first-order valence-electron chi connectivity index (χ1n) is 4.06. The van der Waals surface area contributed by atoms with Gasteiger partial charge in [0.05, 0.1) is 6.04 Å². The summed E-state index contributed by atoms with van der Waals surface area (Å²) in [4.78, 5) is 12.2. The third kappa shape index (κ3) is 2.34. The molecule has 0 aliphatic carbocycles. The van der Waals surface area contributed by atoms with Crippen molar-refractivity contribution in [2.24, 2.45) is 0 Å². The minimum atomic E-state index is 0.107. The molecule has 1 aromatic heterocycles. The van der Waals surface area contributed by atoms with E-state index in [4.69, 9.17) is 0 Å². The maximum absolute atomic E-state index is 11.0. The van der Waals surface area contributed by atoms with E-state index in [9.17, 15) is 4.79 Å². The molecule has 0 aliphatic rings. The molecule has 12 heavy (non-hydrogen) atoms. The summed E-state index contributed by atoms with van der Waals surface area (Å²) in [7, 11) is 0. The Morgan fingerprint density at radius 2 is 2.50 bits per heavy atom. The zero-order chi connectivity index (χ0) is 8.97. The molecule has 0 saturated heterocycles. The van der Waals surface area contributed by atoms with E-state index < -0.39 is 0 Å². The van der Waals surface area contributed by atoms with Crippen LogP contribution in [0.5, 0.6) is 0 Å². The van der Waals surface area contributed by atoms with Crippen LogP contribution in [-0.2, 0) is 4.79 Å². The lowest BCUT2D eigenvalue weighted by molar-refractivity contribution is -0.121. The molecule has 3 heteroatoms. The Kier molecular flexibility index (Phi) is 3.29. The first kappa shape index (κ1) is 9.26. The average molecular weight is 183 g/mol. The summed E-state index contributed by atoms with van der Waals surface area (Å²) in [5.41, 5.74) is 0. The number of carbonyl (C=O) groups excluding carboxylic acids is 1. The Morgan fingerprint density at radius 1 is 1.75 bits per heavy atom. The van der Waals surface area contributed by atoms with Crippen LogP contribution in [0.15, 0.2) is 17.5 Å². The van der Waals surface area contributed by atoms with Crippen LogP contribution in [0.1, 0.15) is 31.2 Å². The van der Waals surface area contributed by atoms with Crippen LogP contribution in [0.4, 0.5) is 0 Å². The van der Waals surface area contributed by atoms with E-state index in [-0.39, 0.29) is 11.9 Å². The number of carbonyl (C=O) groups is 1. The smallest absolute Gasteiger partial charge is 0.220 e. The number of hydrogen-bond acceptors (Lipinski definition) is 2. The molecule has 1 aromatic rings. The van der Waals surface area contributed by atoms with Crippen molar-refractivity contribution in [3.8, 4) is 0 Å². The van der Waals surface area contributed by atoms with Crippen molar-refractivity contribution in [1.29, 1.82) is 0 Å². The standard InChI is InChI=1S/C9H13NOS/c1-3-9(11)10-7(2)8-5-4-6-12-8/h4-7H,3H2,1-2H3,(H,10,11)/t7-/m1/s1. The number of rotatable bonds is 3. The molecule has 66 valence electrons. The normalized spacial score (nSPS) is 12.5. The van der Waals surface area contributed by atoms with Crippen molar-refractivity contribution in [1.82, 2.24) is 5.32 Å². The predicted molar refractivity (Wildman–Crippen MR) is 51.2 cm³/mol. The van der Waals surface area contributed by atoms with Gasteiger partial charge in [-0.15, -0.1) is 11.3 Å². The highest BCUT2D eigenvalue weighted by Gasteiger charge is 2.07. The van der Waals surface area contributed by atoms with Gasteiger partial charge in [-0.05, 0) is 18.4 Å². The fourth-order valence-corrected chi connectivity index (χ4v) is 1.69. The highest BCUT2D eigenvalue weighted by Crippen LogP contribution is 2.17. The van der Waals surface area contributed by atoms with Crippen LogP contribution in [0.3, 0.4) is 0 Å². The van der Waals surface area contributed by atoms with Crippen LogP contribution in [0.25, 0.3) is 0 Å². The molecule has 1 amide bonds. The van der Waals surface area contributed by atoms with Crippen molar-refractivity contribution < 1.29 is 4.79 Å². The Hall–Kier alpha value is -0.830. The lowest BCUT2D eigenvalue weighted by atomic mass is 10.2. The molecule has 0 radical (unpaired) electrons. The second-order valence-corrected chi connectivity index (χ2v) is 3.64. The van der Waals surface area contributed by atoms with Crippen LogP contribution in [0.2, 0.25) is 0 Å². The molecular formula is C9H13NOS. The molecule has 0 spiro atoms. The number of hydrogen-bond donors (Lipinski definition) is 1.